The summed E-state index contributed by atoms with van der Waals surface area (Å²) in [7, 11) is 0. The number of nitrogens with one attached hydrogen (secondary N) is 1. The quantitative estimate of drug-likeness (QED) is 0.905. The van der Waals surface area contributed by atoms with Gasteiger partial charge in [0.25, 0.3) is 5.91 Å². The van der Waals surface area contributed by atoms with Gasteiger partial charge >= 0.3 is 0 Å². The van der Waals surface area contributed by atoms with Crippen LogP contribution in [0.5, 0.6) is 5.88 Å². The molecular formula is C13H14N4O2. The van der Waals surface area contributed by atoms with E-state index in [0.29, 0.717) is 18.3 Å². The molecule has 0 aliphatic rings. The molecule has 2 aromatic heterocycles. The van der Waals surface area contributed by atoms with E-state index in [1.54, 1.807) is 6.07 Å². The normalized spacial score (nSPS) is 10.0. The van der Waals surface area contributed by atoms with Crippen molar-refractivity contribution in [3.63, 3.8) is 0 Å². The molecule has 1 N–H and O–H groups in total. The number of pyridine rings is 1. The van der Waals surface area contributed by atoms with E-state index >= 15 is 0 Å². The number of hydrogen-bond donors (Lipinski definition) is 1. The highest BCUT2D eigenvalue weighted by Gasteiger charge is 2.10. The van der Waals surface area contributed by atoms with E-state index in [9.17, 15) is 4.79 Å². The minimum atomic E-state index is -0.346. The molecule has 0 atom stereocenters. The predicted octanol–water partition coefficient (Wildman–Crippen LogP) is 1.83. The van der Waals surface area contributed by atoms with Crippen molar-refractivity contribution in [3.05, 3.63) is 42.0 Å². The lowest BCUT2D eigenvalue weighted by atomic mass is 10.3. The van der Waals surface area contributed by atoms with Crippen molar-refractivity contribution >= 4 is 11.7 Å². The lowest BCUT2D eigenvalue weighted by Crippen LogP contribution is -2.15. The Morgan fingerprint density at radius 3 is 2.95 bits per heavy atom. The molecule has 0 saturated heterocycles. The molecule has 2 heterocycles. The first kappa shape index (κ1) is 12.9. The molecule has 0 fully saturated rings. The first-order valence-electron chi connectivity index (χ1n) is 5.89. The number of carbonyl (C=O) groups is 1. The minimum absolute atomic E-state index is 0.238. The lowest BCUT2D eigenvalue weighted by molar-refractivity contribution is 0.102. The number of hydrogen-bond acceptors (Lipinski definition) is 5. The molecule has 0 radical (unpaired) electrons. The van der Waals surface area contributed by atoms with Gasteiger partial charge in [-0.15, -0.1) is 0 Å². The van der Waals surface area contributed by atoms with Crippen LogP contribution < -0.4 is 10.1 Å². The van der Waals surface area contributed by atoms with Crippen molar-refractivity contribution in [2.45, 2.75) is 13.8 Å². The average Bonchev–Trinajstić information content (AvgIpc) is 2.39. The van der Waals surface area contributed by atoms with Gasteiger partial charge in [0.1, 0.15) is 17.8 Å². The average molecular weight is 258 g/mol. The fourth-order valence-electron chi connectivity index (χ4n) is 1.48. The Kier molecular flexibility index (Phi) is 4.02. The summed E-state index contributed by atoms with van der Waals surface area (Å²) >= 11 is 0. The molecular weight excluding hydrogens is 244 g/mol. The molecule has 0 unspecified atom stereocenters. The van der Waals surface area contributed by atoms with E-state index in [-0.39, 0.29) is 11.6 Å². The van der Waals surface area contributed by atoms with Crippen LogP contribution in [-0.4, -0.2) is 27.5 Å². The fraction of sp³-hybridized carbons (Fsp3) is 0.231. The highest BCUT2D eigenvalue weighted by atomic mass is 16.5. The number of carbonyl (C=O) groups excluding carboxylic acids is 1. The van der Waals surface area contributed by atoms with Gasteiger partial charge in [0.05, 0.1) is 6.61 Å². The second-order valence-electron chi connectivity index (χ2n) is 3.79. The van der Waals surface area contributed by atoms with Crippen molar-refractivity contribution in [2.75, 3.05) is 11.9 Å². The van der Waals surface area contributed by atoms with Gasteiger partial charge < -0.3 is 10.1 Å². The smallest absolute Gasteiger partial charge is 0.275 e. The summed E-state index contributed by atoms with van der Waals surface area (Å²) in [5, 5.41) is 2.67. The van der Waals surface area contributed by atoms with E-state index in [1.807, 2.05) is 26.0 Å². The van der Waals surface area contributed by atoms with Crippen molar-refractivity contribution in [2.24, 2.45) is 0 Å². The first-order valence-corrected chi connectivity index (χ1v) is 5.89. The van der Waals surface area contributed by atoms with Crippen molar-refractivity contribution in [1.82, 2.24) is 15.0 Å². The highest BCUT2D eigenvalue weighted by Crippen LogP contribution is 2.09. The van der Waals surface area contributed by atoms with Crippen LogP contribution >= 0.6 is 0 Å². The van der Waals surface area contributed by atoms with Crippen LogP contribution in [0.1, 0.15) is 23.1 Å². The topological polar surface area (TPSA) is 77.0 Å². The summed E-state index contributed by atoms with van der Waals surface area (Å²) in [5.41, 5.74) is 1.07. The third-order valence-electron chi connectivity index (χ3n) is 2.30. The number of nitrogens with zero attached hydrogens (tertiary/aromatic N) is 3. The summed E-state index contributed by atoms with van der Waals surface area (Å²) in [4.78, 5) is 24.0. The van der Waals surface area contributed by atoms with Crippen LogP contribution in [0.15, 0.2) is 30.6 Å². The van der Waals surface area contributed by atoms with Gasteiger partial charge in [-0.2, -0.15) is 0 Å². The fourth-order valence-corrected chi connectivity index (χ4v) is 1.48. The zero-order chi connectivity index (χ0) is 13.7. The Labute approximate surface area is 110 Å². The lowest BCUT2D eigenvalue weighted by Gasteiger charge is -2.06. The van der Waals surface area contributed by atoms with E-state index in [1.165, 1.54) is 12.4 Å². The molecule has 98 valence electrons. The molecule has 6 nitrogen and oxygen atoms in total. The van der Waals surface area contributed by atoms with Crippen LogP contribution in [0.2, 0.25) is 0 Å². The van der Waals surface area contributed by atoms with Gasteiger partial charge in [0.2, 0.25) is 5.88 Å². The second-order valence-corrected chi connectivity index (χ2v) is 3.79. The van der Waals surface area contributed by atoms with Gasteiger partial charge in [-0.1, -0.05) is 6.07 Å². The number of rotatable bonds is 4. The van der Waals surface area contributed by atoms with Crippen LogP contribution in [0.3, 0.4) is 0 Å². The molecule has 1 amide bonds. The molecule has 0 aromatic carbocycles. The van der Waals surface area contributed by atoms with Crippen LogP contribution in [-0.2, 0) is 0 Å². The van der Waals surface area contributed by atoms with Gasteiger partial charge in [-0.25, -0.2) is 15.0 Å². The van der Waals surface area contributed by atoms with Crippen molar-refractivity contribution in [1.29, 1.82) is 0 Å². The molecule has 0 bridgehead atoms. The van der Waals surface area contributed by atoms with Gasteiger partial charge in [0, 0.05) is 11.8 Å². The Morgan fingerprint density at radius 1 is 1.37 bits per heavy atom. The third-order valence-corrected chi connectivity index (χ3v) is 2.30. The summed E-state index contributed by atoms with van der Waals surface area (Å²) < 4.78 is 5.22. The SMILES string of the molecule is CCOc1cc(C(=O)Nc2cccc(C)n2)ncn1. The van der Waals surface area contributed by atoms with Crippen molar-refractivity contribution in [3.8, 4) is 5.88 Å². The zero-order valence-corrected chi connectivity index (χ0v) is 10.8. The zero-order valence-electron chi connectivity index (χ0n) is 10.8. The van der Waals surface area contributed by atoms with Crippen molar-refractivity contribution < 1.29 is 9.53 Å². The maximum atomic E-state index is 12.0. The number of amides is 1. The van der Waals surface area contributed by atoms with Crippen LogP contribution in [0.4, 0.5) is 5.82 Å². The first-order chi connectivity index (χ1) is 9.19. The molecule has 0 aliphatic carbocycles. The van der Waals surface area contributed by atoms with Gasteiger partial charge in [0.15, 0.2) is 0 Å². The summed E-state index contributed by atoms with van der Waals surface area (Å²) in [6.45, 7) is 4.18. The maximum Gasteiger partial charge on any atom is 0.275 e. The van der Waals surface area contributed by atoms with E-state index in [0.717, 1.165) is 5.69 Å². The summed E-state index contributed by atoms with van der Waals surface area (Å²) in [6, 6.07) is 6.89. The third kappa shape index (κ3) is 3.48. The number of ether oxygens (including phenoxy) is 1. The van der Waals surface area contributed by atoms with Crippen LogP contribution in [0, 0.1) is 6.92 Å². The molecule has 2 aromatic rings. The molecule has 0 aliphatic heterocycles. The highest BCUT2D eigenvalue weighted by molar-refractivity contribution is 6.02. The number of aromatic nitrogens is 3. The Bertz CT molecular complexity index is 586. The molecule has 0 spiro atoms. The second kappa shape index (κ2) is 5.90. The standard InChI is InChI=1S/C13H14N4O2/c1-3-19-12-7-10(14-8-15-12)13(18)17-11-6-4-5-9(2)16-11/h4-8H,3H2,1-2H3,(H,16,17,18). The van der Waals surface area contributed by atoms with Crippen LogP contribution in [0.25, 0.3) is 0 Å². The molecule has 19 heavy (non-hydrogen) atoms. The minimum Gasteiger partial charge on any atom is -0.478 e. The summed E-state index contributed by atoms with van der Waals surface area (Å²) in [5.74, 6) is 0.517. The Hall–Kier alpha value is -2.50. The largest absolute Gasteiger partial charge is 0.478 e. The Morgan fingerprint density at radius 2 is 2.21 bits per heavy atom. The van der Waals surface area contributed by atoms with Gasteiger partial charge in [-0.3, -0.25) is 4.79 Å². The molecule has 6 heteroatoms. The number of anilines is 1. The Balaban J connectivity index is 2.13. The summed E-state index contributed by atoms with van der Waals surface area (Å²) in [6.07, 6.45) is 1.30. The van der Waals surface area contributed by atoms with E-state index in [2.05, 4.69) is 20.3 Å². The molecule has 2 rings (SSSR count). The maximum absolute atomic E-state index is 12.0. The molecule has 0 saturated carbocycles. The van der Waals surface area contributed by atoms with E-state index in [4.69, 9.17) is 4.74 Å². The predicted molar refractivity (Wildman–Crippen MR) is 70.1 cm³/mol. The number of aryl methyl sites for hydroxylation is 1. The van der Waals surface area contributed by atoms with Gasteiger partial charge in [-0.05, 0) is 26.0 Å². The van der Waals surface area contributed by atoms with E-state index < -0.39 is 0 Å². The monoisotopic (exact) mass is 258 g/mol.